The summed E-state index contributed by atoms with van der Waals surface area (Å²) in [5.41, 5.74) is 2.51. The fourth-order valence-corrected chi connectivity index (χ4v) is 1.88. The molecule has 2 rings (SSSR count). The van der Waals surface area contributed by atoms with E-state index >= 15 is 0 Å². The lowest BCUT2D eigenvalue weighted by Gasteiger charge is -2.15. The van der Waals surface area contributed by atoms with E-state index < -0.39 is 0 Å². The number of hydrogen-bond acceptors (Lipinski definition) is 2. The second kappa shape index (κ2) is 5.57. The van der Waals surface area contributed by atoms with Gasteiger partial charge in [0.05, 0.1) is 11.6 Å². The average molecular weight is 255 g/mol. The fraction of sp³-hybridized carbons (Fsp3) is 0.188. The molecule has 0 fully saturated rings. The normalized spacial score (nSPS) is 11.9. The van der Waals surface area contributed by atoms with Crippen LogP contribution in [0.4, 0.5) is 0 Å². The highest BCUT2D eigenvalue weighted by atomic mass is 16.3. The van der Waals surface area contributed by atoms with Gasteiger partial charge in [-0.2, -0.15) is 0 Å². The minimum absolute atomic E-state index is 0.00361. The van der Waals surface area contributed by atoms with Crippen LogP contribution in [-0.4, -0.2) is 11.0 Å². The Morgan fingerprint density at radius 1 is 1.11 bits per heavy atom. The van der Waals surface area contributed by atoms with Crippen LogP contribution in [0.15, 0.2) is 48.5 Å². The van der Waals surface area contributed by atoms with E-state index in [1.807, 2.05) is 38.1 Å². The van der Waals surface area contributed by atoms with Gasteiger partial charge in [-0.3, -0.25) is 4.79 Å². The van der Waals surface area contributed by atoms with Gasteiger partial charge in [-0.25, -0.2) is 0 Å². The van der Waals surface area contributed by atoms with Gasteiger partial charge < -0.3 is 10.4 Å². The third-order valence-corrected chi connectivity index (χ3v) is 3.07. The van der Waals surface area contributed by atoms with E-state index in [1.165, 1.54) is 11.6 Å². The molecule has 98 valence electrons. The number of hydrogen-bond donors (Lipinski definition) is 2. The van der Waals surface area contributed by atoms with Gasteiger partial charge in [-0.05, 0) is 31.5 Å². The minimum atomic E-state index is -0.272. The third kappa shape index (κ3) is 3.13. The summed E-state index contributed by atoms with van der Waals surface area (Å²) < 4.78 is 0. The van der Waals surface area contributed by atoms with Gasteiger partial charge in [-0.15, -0.1) is 0 Å². The van der Waals surface area contributed by atoms with Crippen LogP contribution in [0.2, 0.25) is 0 Å². The molecule has 2 N–H and O–H groups in total. The topological polar surface area (TPSA) is 49.3 Å². The molecule has 1 unspecified atom stereocenters. The van der Waals surface area contributed by atoms with E-state index in [9.17, 15) is 9.90 Å². The molecule has 2 aromatic rings. The average Bonchev–Trinajstić information content (AvgIpc) is 2.39. The number of aromatic hydroxyl groups is 1. The summed E-state index contributed by atoms with van der Waals surface area (Å²) >= 11 is 0. The van der Waals surface area contributed by atoms with Gasteiger partial charge in [0.1, 0.15) is 5.75 Å². The van der Waals surface area contributed by atoms with Crippen molar-refractivity contribution in [3.05, 3.63) is 65.2 Å². The van der Waals surface area contributed by atoms with Crippen molar-refractivity contribution in [2.45, 2.75) is 19.9 Å². The maximum absolute atomic E-state index is 12.0. The Labute approximate surface area is 112 Å². The van der Waals surface area contributed by atoms with Crippen molar-refractivity contribution in [3.63, 3.8) is 0 Å². The minimum Gasteiger partial charge on any atom is -0.507 e. The molecular formula is C16H17NO2. The zero-order valence-electron chi connectivity index (χ0n) is 11.1. The SMILES string of the molecule is Cc1ccc(C(C)NC(=O)c2ccccc2O)cc1. The zero-order valence-corrected chi connectivity index (χ0v) is 11.1. The highest BCUT2D eigenvalue weighted by molar-refractivity contribution is 5.96. The predicted molar refractivity (Wildman–Crippen MR) is 75.2 cm³/mol. The molecule has 1 amide bonds. The summed E-state index contributed by atoms with van der Waals surface area (Å²) in [6.45, 7) is 3.94. The van der Waals surface area contributed by atoms with E-state index in [0.717, 1.165) is 5.56 Å². The number of para-hydroxylation sites is 1. The van der Waals surface area contributed by atoms with Crippen molar-refractivity contribution in [1.82, 2.24) is 5.32 Å². The molecule has 19 heavy (non-hydrogen) atoms. The Kier molecular flexibility index (Phi) is 3.85. The zero-order chi connectivity index (χ0) is 13.8. The Morgan fingerprint density at radius 3 is 2.37 bits per heavy atom. The first-order valence-corrected chi connectivity index (χ1v) is 6.23. The monoisotopic (exact) mass is 255 g/mol. The van der Waals surface area contributed by atoms with Crippen LogP contribution in [0.5, 0.6) is 5.75 Å². The van der Waals surface area contributed by atoms with Gasteiger partial charge in [0.15, 0.2) is 0 Å². The second-order valence-corrected chi connectivity index (χ2v) is 4.62. The third-order valence-electron chi connectivity index (χ3n) is 3.07. The van der Waals surface area contributed by atoms with E-state index in [4.69, 9.17) is 0 Å². The maximum atomic E-state index is 12.0. The number of carbonyl (C=O) groups is 1. The Hall–Kier alpha value is -2.29. The molecule has 0 heterocycles. The summed E-state index contributed by atoms with van der Waals surface area (Å²) in [6.07, 6.45) is 0. The number of nitrogens with one attached hydrogen (secondary N) is 1. The van der Waals surface area contributed by atoms with Crippen LogP contribution < -0.4 is 5.32 Å². The van der Waals surface area contributed by atoms with Crippen molar-refractivity contribution in [3.8, 4) is 5.75 Å². The molecule has 3 nitrogen and oxygen atoms in total. The molecule has 0 aliphatic carbocycles. The first-order valence-electron chi connectivity index (χ1n) is 6.23. The molecule has 3 heteroatoms. The van der Waals surface area contributed by atoms with Crippen molar-refractivity contribution in [2.24, 2.45) is 0 Å². The molecule has 1 atom stereocenters. The lowest BCUT2D eigenvalue weighted by atomic mass is 10.1. The number of phenolic OH excluding ortho intramolecular Hbond substituents is 1. The molecular weight excluding hydrogens is 238 g/mol. The van der Waals surface area contributed by atoms with E-state index in [0.29, 0.717) is 5.56 Å². The molecule has 0 saturated heterocycles. The number of phenols is 1. The maximum Gasteiger partial charge on any atom is 0.255 e. The Morgan fingerprint density at radius 2 is 1.74 bits per heavy atom. The lowest BCUT2D eigenvalue weighted by Crippen LogP contribution is -2.26. The van der Waals surface area contributed by atoms with Crippen LogP contribution >= 0.6 is 0 Å². The van der Waals surface area contributed by atoms with Crippen molar-refractivity contribution >= 4 is 5.91 Å². The molecule has 0 aromatic heterocycles. The number of aryl methyl sites for hydroxylation is 1. The summed E-state index contributed by atoms with van der Waals surface area (Å²) in [5, 5.41) is 12.5. The summed E-state index contributed by atoms with van der Waals surface area (Å²) in [6, 6.07) is 14.4. The number of rotatable bonds is 3. The van der Waals surface area contributed by atoms with Gasteiger partial charge in [0, 0.05) is 0 Å². The Bertz CT molecular complexity index is 576. The number of amides is 1. The van der Waals surface area contributed by atoms with Crippen LogP contribution in [0.3, 0.4) is 0 Å². The van der Waals surface area contributed by atoms with E-state index in [2.05, 4.69) is 5.32 Å². The molecule has 0 radical (unpaired) electrons. The molecule has 0 bridgehead atoms. The first-order chi connectivity index (χ1) is 9.08. The number of benzene rings is 2. The van der Waals surface area contributed by atoms with Crippen molar-refractivity contribution in [1.29, 1.82) is 0 Å². The van der Waals surface area contributed by atoms with Crippen LogP contribution in [0, 0.1) is 6.92 Å². The molecule has 0 spiro atoms. The van der Waals surface area contributed by atoms with Gasteiger partial charge in [-0.1, -0.05) is 42.0 Å². The lowest BCUT2D eigenvalue weighted by molar-refractivity contribution is 0.0937. The molecule has 0 aliphatic rings. The van der Waals surface area contributed by atoms with Crippen molar-refractivity contribution < 1.29 is 9.90 Å². The van der Waals surface area contributed by atoms with E-state index in [1.54, 1.807) is 18.2 Å². The standard InChI is InChI=1S/C16H17NO2/c1-11-7-9-13(10-8-11)12(2)17-16(19)14-5-3-4-6-15(14)18/h3-10,12,18H,1-2H3,(H,17,19). The quantitative estimate of drug-likeness (QED) is 0.885. The van der Waals surface area contributed by atoms with Crippen LogP contribution in [0.25, 0.3) is 0 Å². The van der Waals surface area contributed by atoms with E-state index in [-0.39, 0.29) is 17.7 Å². The Balaban J connectivity index is 2.11. The first kappa shape index (κ1) is 13.1. The van der Waals surface area contributed by atoms with Gasteiger partial charge >= 0.3 is 0 Å². The summed E-state index contributed by atoms with van der Waals surface area (Å²) in [4.78, 5) is 12.0. The summed E-state index contributed by atoms with van der Waals surface area (Å²) in [7, 11) is 0. The molecule has 0 aliphatic heterocycles. The number of carbonyl (C=O) groups excluding carboxylic acids is 1. The second-order valence-electron chi connectivity index (χ2n) is 4.62. The van der Waals surface area contributed by atoms with Crippen molar-refractivity contribution in [2.75, 3.05) is 0 Å². The highest BCUT2D eigenvalue weighted by Gasteiger charge is 2.13. The van der Waals surface area contributed by atoms with Crippen LogP contribution in [-0.2, 0) is 0 Å². The van der Waals surface area contributed by atoms with Gasteiger partial charge in [0.2, 0.25) is 0 Å². The predicted octanol–water partition coefficient (Wildman–Crippen LogP) is 3.19. The largest absolute Gasteiger partial charge is 0.507 e. The molecule has 0 saturated carbocycles. The summed E-state index contributed by atoms with van der Waals surface area (Å²) in [5.74, 6) is -0.276. The van der Waals surface area contributed by atoms with Crippen LogP contribution in [0.1, 0.15) is 34.5 Å². The highest BCUT2D eigenvalue weighted by Crippen LogP contribution is 2.18. The molecule has 2 aromatic carbocycles. The smallest absolute Gasteiger partial charge is 0.255 e. The van der Waals surface area contributed by atoms with Gasteiger partial charge in [0.25, 0.3) is 5.91 Å². The fourth-order valence-electron chi connectivity index (χ4n) is 1.88.